The predicted octanol–water partition coefficient (Wildman–Crippen LogP) is 2.53. The van der Waals surface area contributed by atoms with Crippen LogP contribution in [0, 0.1) is 5.92 Å². The van der Waals surface area contributed by atoms with Crippen LogP contribution in [0.5, 0.6) is 0 Å². The first-order valence-electron chi connectivity index (χ1n) is 7.51. The highest BCUT2D eigenvalue weighted by molar-refractivity contribution is 6.00. The molecule has 4 nitrogen and oxygen atoms in total. The fourth-order valence-corrected chi connectivity index (χ4v) is 3.21. The SMILES string of the molecule is CCOC(=O)CC1CC(C)C(C(=O)c2ccccc2)N1C. The third-order valence-corrected chi connectivity index (χ3v) is 4.23. The van der Waals surface area contributed by atoms with Crippen LogP contribution in [0.1, 0.15) is 37.0 Å². The average Bonchev–Trinajstić information content (AvgIpc) is 2.74. The number of hydrogen-bond acceptors (Lipinski definition) is 4. The Morgan fingerprint density at radius 3 is 2.57 bits per heavy atom. The maximum absolute atomic E-state index is 12.7. The van der Waals surface area contributed by atoms with Crippen molar-refractivity contribution in [2.24, 2.45) is 5.92 Å². The topological polar surface area (TPSA) is 46.6 Å². The van der Waals surface area contributed by atoms with Crippen molar-refractivity contribution in [1.82, 2.24) is 4.90 Å². The Balaban J connectivity index is 2.08. The summed E-state index contributed by atoms with van der Waals surface area (Å²) in [6.07, 6.45) is 1.20. The number of esters is 1. The summed E-state index contributed by atoms with van der Waals surface area (Å²) in [5.74, 6) is 0.188. The summed E-state index contributed by atoms with van der Waals surface area (Å²) in [7, 11) is 1.93. The lowest BCUT2D eigenvalue weighted by atomic mass is 9.94. The van der Waals surface area contributed by atoms with Crippen LogP contribution in [-0.2, 0) is 9.53 Å². The summed E-state index contributed by atoms with van der Waals surface area (Å²) in [6.45, 7) is 4.28. The molecule has 1 aromatic carbocycles. The van der Waals surface area contributed by atoms with E-state index in [2.05, 4.69) is 6.92 Å². The Bertz CT molecular complexity index is 500. The van der Waals surface area contributed by atoms with Gasteiger partial charge in [0.2, 0.25) is 0 Å². The normalized spacial score (nSPS) is 25.8. The molecule has 0 N–H and O–H groups in total. The van der Waals surface area contributed by atoms with Crippen LogP contribution in [0.15, 0.2) is 30.3 Å². The minimum absolute atomic E-state index is 0.0803. The quantitative estimate of drug-likeness (QED) is 0.617. The maximum atomic E-state index is 12.7. The van der Waals surface area contributed by atoms with Crippen LogP contribution in [0.2, 0.25) is 0 Å². The molecule has 1 aliphatic rings. The van der Waals surface area contributed by atoms with Gasteiger partial charge in [0.05, 0.1) is 19.1 Å². The molecule has 2 rings (SSSR count). The summed E-state index contributed by atoms with van der Waals surface area (Å²) in [5, 5.41) is 0. The first-order chi connectivity index (χ1) is 10.0. The number of benzene rings is 1. The first kappa shape index (κ1) is 15.7. The molecule has 0 bridgehead atoms. The van der Waals surface area contributed by atoms with Crippen molar-refractivity contribution in [3.05, 3.63) is 35.9 Å². The Labute approximate surface area is 126 Å². The molecule has 0 spiro atoms. The molecule has 0 aromatic heterocycles. The van der Waals surface area contributed by atoms with E-state index >= 15 is 0 Å². The van der Waals surface area contributed by atoms with E-state index in [1.165, 1.54) is 0 Å². The minimum Gasteiger partial charge on any atom is -0.466 e. The molecule has 1 aliphatic heterocycles. The maximum Gasteiger partial charge on any atom is 0.307 e. The van der Waals surface area contributed by atoms with Gasteiger partial charge in [-0.15, -0.1) is 0 Å². The van der Waals surface area contributed by atoms with Crippen LogP contribution in [0.3, 0.4) is 0 Å². The highest BCUT2D eigenvalue weighted by atomic mass is 16.5. The van der Waals surface area contributed by atoms with Crippen molar-refractivity contribution < 1.29 is 14.3 Å². The predicted molar refractivity (Wildman–Crippen MR) is 81.1 cm³/mol. The standard InChI is InChI=1S/C17H23NO3/c1-4-21-15(19)11-14-10-12(2)16(18(14)3)17(20)13-8-6-5-7-9-13/h5-9,12,14,16H,4,10-11H2,1-3H3. The molecule has 0 saturated carbocycles. The molecule has 3 unspecified atom stereocenters. The number of carbonyl (C=O) groups excluding carboxylic acids is 2. The van der Waals surface area contributed by atoms with Gasteiger partial charge < -0.3 is 4.74 Å². The number of ketones is 1. The number of rotatable bonds is 5. The van der Waals surface area contributed by atoms with Gasteiger partial charge in [-0.1, -0.05) is 37.3 Å². The van der Waals surface area contributed by atoms with Crippen LogP contribution in [-0.4, -0.2) is 42.4 Å². The van der Waals surface area contributed by atoms with Crippen molar-refractivity contribution in [2.45, 2.75) is 38.8 Å². The van der Waals surface area contributed by atoms with Crippen molar-refractivity contribution in [3.63, 3.8) is 0 Å². The second-order valence-corrected chi connectivity index (χ2v) is 5.72. The highest BCUT2D eigenvalue weighted by Gasteiger charge is 2.41. The fourth-order valence-electron chi connectivity index (χ4n) is 3.21. The molecular weight excluding hydrogens is 266 g/mol. The number of hydrogen-bond donors (Lipinski definition) is 0. The van der Waals surface area contributed by atoms with Gasteiger partial charge in [-0.3, -0.25) is 14.5 Å². The smallest absolute Gasteiger partial charge is 0.307 e. The van der Waals surface area contributed by atoms with Gasteiger partial charge in [0.25, 0.3) is 0 Å². The minimum atomic E-state index is -0.186. The van der Waals surface area contributed by atoms with E-state index in [9.17, 15) is 9.59 Å². The number of Topliss-reactive ketones (excluding diaryl/α,β-unsaturated/α-hetero) is 1. The molecule has 4 heteroatoms. The zero-order valence-electron chi connectivity index (χ0n) is 12.9. The Kier molecular flexibility index (Phi) is 5.12. The third-order valence-electron chi connectivity index (χ3n) is 4.23. The lowest BCUT2D eigenvalue weighted by Crippen LogP contribution is -2.40. The van der Waals surface area contributed by atoms with Gasteiger partial charge in [0, 0.05) is 11.6 Å². The molecule has 1 aromatic rings. The molecule has 114 valence electrons. The van der Waals surface area contributed by atoms with Crippen LogP contribution >= 0.6 is 0 Å². The van der Waals surface area contributed by atoms with E-state index < -0.39 is 0 Å². The van der Waals surface area contributed by atoms with E-state index in [1.54, 1.807) is 6.92 Å². The Hall–Kier alpha value is -1.68. The molecule has 1 saturated heterocycles. The molecule has 1 fully saturated rings. The van der Waals surface area contributed by atoms with Gasteiger partial charge in [-0.05, 0) is 26.3 Å². The largest absolute Gasteiger partial charge is 0.466 e. The number of ether oxygens (including phenoxy) is 1. The summed E-state index contributed by atoms with van der Waals surface area (Å²) >= 11 is 0. The van der Waals surface area contributed by atoms with Crippen LogP contribution < -0.4 is 0 Å². The average molecular weight is 289 g/mol. The van der Waals surface area contributed by atoms with Crippen molar-refractivity contribution >= 4 is 11.8 Å². The van der Waals surface area contributed by atoms with Gasteiger partial charge >= 0.3 is 5.97 Å². The summed E-state index contributed by atoms with van der Waals surface area (Å²) in [6, 6.07) is 9.28. The lowest BCUT2D eigenvalue weighted by Gasteiger charge is -2.25. The molecule has 0 aliphatic carbocycles. The monoisotopic (exact) mass is 289 g/mol. The summed E-state index contributed by atoms with van der Waals surface area (Å²) < 4.78 is 5.02. The van der Waals surface area contributed by atoms with Crippen LogP contribution in [0.25, 0.3) is 0 Å². The first-order valence-corrected chi connectivity index (χ1v) is 7.51. The van der Waals surface area contributed by atoms with E-state index in [4.69, 9.17) is 4.74 Å². The Morgan fingerprint density at radius 2 is 1.95 bits per heavy atom. The molecular formula is C17H23NO3. The van der Waals surface area contributed by atoms with Crippen molar-refractivity contribution in [2.75, 3.05) is 13.7 Å². The second-order valence-electron chi connectivity index (χ2n) is 5.72. The zero-order valence-corrected chi connectivity index (χ0v) is 12.9. The van der Waals surface area contributed by atoms with Gasteiger partial charge in [0.15, 0.2) is 5.78 Å². The van der Waals surface area contributed by atoms with Gasteiger partial charge in [-0.2, -0.15) is 0 Å². The van der Waals surface area contributed by atoms with E-state index in [1.807, 2.05) is 42.3 Å². The lowest BCUT2D eigenvalue weighted by molar-refractivity contribution is -0.144. The van der Waals surface area contributed by atoms with Gasteiger partial charge in [0.1, 0.15) is 0 Å². The molecule has 0 radical (unpaired) electrons. The molecule has 3 atom stereocenters. The highest BCUT2D eigenvalue weighted by Crippen LogP contribution is 2.32. The molecule has 0 amide bonds. The van der Waals surface area contributed by atoms with E-state index in [-0.39, 0.29) is 29.8 Å². The number of nitrogens with zero attached hydrogens (tertiary/aromatic N) is 1. The number of carbonyl (C=O) groups is 2. The zero-order chi connectivity index (χ0) is 15.4. The number of likely N-dealkylation sites (tertiary alicyclic amines) is 1. The van der Waals surface area contributed by atoms with Crippen molar-refractivity contribution in [1.29, 1.82) is 0 Å². The second kappa shape index (κ2) is 6.85. The summed E-state index contributed by atoms with van der Waals surface area (Å²) in [5.41, 5.74) is 0.734. The van der Waals surface area contributed by atoms with Crippen molar-refractivity contribution in [3.8, 4) is 0 Å². The van der Waals surface area contributed by atoms with Gasteiger partial charge in [-0.25, -0.2) is 0 Å². The molecule has 1 heterocycles. The van der Waals surface area contributed by atoms with E-state index in [0.717, 1.165) is 12.0 Å². The van der Waals surface area contributed by atoms with Crippen LogP contribution in [0.4, 0.5) is 0 Å². The van der Waals surface area contributed by atoms with E-state index in [0.29, 0.717) is 13.0 Å². The number of likely N-dealkylation sites (N-methyl/N-ethyl adjacent to an activating group) is 1. The third kappa shape index (κ3) is 3.50. The molecule has 21 heavy (non-hydrogen) atoms. The summed E-state index contributed by atoms with van der Waals surface area (Å²) in [4.78, 5) is 26.4. The fraction of sp³-hybridized carbons (Fsp3) is 0.529. The Morgan fingerprint density at radius 1 is 1.29 bits per heavy atom.